The molecular formula is C23H30ClFN8O. The summed E-state index contributed by atoms with van der Waals surface area (Å²) in [5.41, 5.74) is 5.69. The third kappa shape index (κ3) is 7.21. The van der Waals surface area contributed by atoms with Gasteiger partial charge < -0.3 is 15.3 Å². The van der Waals surface area contributed by atoms with Gasteiger partial charge in [0, 0.05) is 44.6 Å². The minimum atomic E-state index is -1.33. The lowest BCUT2D eigenvalue weighted by atomic mass is 10.2. The van der Waals surface area contributed by atoms with Gasteiger partial charge in [-0.2, -0.15) is 10.1 Å². The van der Waals surface area contributed by atoms with E-state index in [0.717, 1.165) is 16.9 Å². The van der Waals surface area contributed by atoms with Crippen LogP contribution in [0.1, 0.15) is 18.2 Å². The zero-order valence-corrected chi connectivity index (χ0v) is 20.1. The number of hydrazone groups is 1. The number of nitrogens with one attached hydrogen (secondary N) is 3. The monoisotopic (exact) mass is 488 g/mol. The number of halogens is 2. The third-order valence-electron chi connectivity index (χ3n) is 5.33. The number of anilines is 2. The second-order valence-electron chi connectivity index (χ2n) is 7.88. The Morgan fingerprint density at radius 3 is 2.76 bits per heavy atom. The Morgan fingerprint density at radius 1 is 1.32 bits per heavy atom. The van der Waals surface area contributed by atoms with Crippen molar-refractivity contribution in [3.05, 3.63) is 52.8 Å². The van der Waals surface area contributed by atoms with Gasteiger partial charge >= 0.3 is 0 Å². The van der Waals surface area contributed by atoms with E-state index in [1.54, 1.807) is 12.3 Å². The number of hydrogen-bond acceptors (Lipinski definition) is 6. The molecule has 11 heteroatoms. The number of piperazine rings is 1. The molecule has 9 nitrogen and oxygen atoms in total. The molecule has 4 N–H and O–H groups in total. The lowest BCUT2D eigenvalue weighted by molar-refractivity contribution is 0.143. The minimum Gasteiger partial charge on any atom is -0.395 e. The minimum absolute atomic E-state index is 0.0977. The van der Waals surface area contributed by atoms with Crippen LogP contribution in [0.5, 0.6) is 0 Å². The van der Waals surface area contributed by atoms with E-state index >= 15 is 0 Å². The predicted octanol–water partition coefficient (Wildman–Crippen LogP) is 3.01. The average molecular weight is 489 g/mol. The number of hydrogen-bond donors (Lipinski definition) is 4. The van der Waals surface area contributed by atoms with Gasteiger partial charge in [-0.3, -0.25) is 15.3 Å². The topological polar surface area (TPSA) is 112 Å². The lowest BCUT2D eigenvalue weighted by Crippen LogP contribution is -2.51. The maximum Gasteiger partial charge on any atom is 0.237 e. The largest absolute Gasteiger partial charge is 0.395 e. The molecule has 1 unspecified atom stereocenters. The molecule has 0 bridgehead atoms. The molecule has 1 fully saturated rings. The number of benzene rings is 1. The SMILES string of the molecule is Cc1cccc(Cl)c1Nc1ccnc(/C=N/NC(=N)/N=C(\C(C)F)N2CCN(CCO)CC2)c1. The summed E-state index contributed by atoms with van der Waals surface area (Å²) in [4.78, 5) is 12.3. The van der Waals surface area contributed by atoms with Crippen molar-refractivity contribution in [1.82, 2.24) is 20.2 Å². The molecule has 2 heterocycles. The van der Waals surface area contributed by atoms with E-state index < -0.39 is 6.17 Å². The molecule has 1 aromatic heterocycles. The van der Waals surface area contributed by atoms with Crippen LogP contribution >= 0.6 is 11.6 Å². The number of aliphatic hydroxyl groups is 1. The highest BCUT2D eigenvalue weighted by Gasteiger charge is 2.23. The number of β-amino-alcohol motifs (C(OH)–C–C–N with tert-alkyl or cyclic N) is 1. The zero-order valence-electron chi connectivity index (χ0n) is 19.3. The molecule has 1 aromatic carbocycles. The first-order valence-electron chi connectivity index (χ1n) is 11.0. The average Bonchev–Trinajstić information content (AvgIpc) is 2.81. The number of guanidine groups is 1. The van der Waals surface area contributed by atoms with Crippen LogP contribution in [-0.2, 0) is 0 Å². The van der Waals surface area contributed by atoms with Crippen LogP contribution in [0, 0.1) is 12.3 Å². The van der Waals surface area contributed by atoms with E-state index in [1.165, 1.54) is 13.1 Å². The van der Waals surface area contributed by atoms with Crippen LogP contribution in [-0.4, -0.2) is 83.4 Å². The van der Waals surface area contributed by atoms with Crippen LogP contribution in [0.25, 0.3) is 0 Å². The van der Waals surface area contributed by atoms with E-state index in [2.05, 4.69) is 30.7 Å². The number of pyridine rings is 1. The molecule has 1 aliphatic rings. The number of rotatable bonds is 7. The second-order valence-corrected chi connectivity index (χ2v) is 8.29. The molecule has 3 rings (SSSR count). The Morgan fingerprint density at radius 2 is 2.09 bits per heavy atom. The Balaban J connectivity index is 1.60. The number of alkyl halides is 1. The molecule has 1 atom stereocenters. The highest BCUT2D eigenvalue weighted by molar-refractivity contribution is 6.33. The first-order valence-corrected chi connectivity index (χ1v) is 11.4. The van der Waals surface area contributed by atoms with Crippen LogP contribution in [0.3, 0.4) is 0 Å². The first kappa shape index (κ1) is 25.5. The van der Waals surface area contributed by atoms with Gasteiger partial charge in [-0.1, -0.05) is 23.7 Å². The quantitative estimate of drug-likeness (QED) is 0.271. The fourth-order valence-electron chi connectivity index (χ4n) is 3.58. The number of aliphatic hydroxyl groups excluding tert-OH is 1. The number of nitrogens with zero attached hydrogens (tertiary/aromatic N) is 5. The van der Waals surface area contributed by atoms with Crippen LogP contribution in [0.4, 0.5) is 15.8 Å². The Labute approximate surface area is 203 Å². The predicted molar refractivity (Wildman–Crippen MR) is 135 cm³/mol. The van der Waals surface area contributed by atoms with E-state index in [4.69, 9.17) is 22.1 Å². The number of aryl methyl sites for hydroxylation is 1. The third-order valence-corrected chi connectivity index (χ3v) is 5.65. The summed E-state index contributed by atoms with van der Waals surface area (Å²) < 4.78 is 14.2. The Bertz CT molecular complexity index is 1020. The van der Waals surface area contributed by atoms with E-state index in [9.17, 15) is 4.39 Å². The van der Waals surface area contributed by atoms with Crippen molar-refractivity contribution in [3.63, 3.8) is 0 Å². The summed E-state index contributed by atoms with van der Waals surface area (Å²) in [7, 11) is 0. The molecule has 0 amide bonds. The normalized spacial score (nSPS) is 16.0. The smallest absolute Gasteiger partial charge is 0.237 e. The maximum absolute atomic E-state index is 14.2. The fraction of sp³-hybridized carbons (Fsp3) is 0.391. The molecule has 1 aliphatic heterocycles. The molecule has 2 aromatic rings. The van der Waals surface area contributed by atoms with Gasteiger partial charge in [-0.15, -0.1) is 0 Å². The summed E-state index contributed by atoms with van der Waals surface area (Å²) in [5, 5.41) is 25.0. The van der Waals surface area contributed by atoms with Gasteiger partial charge in [0.2, 0.25) is 5.96 Å². The number of para-hydroxylation sites is 1. The van der Waals surface area contributed by atoms with E-state index in [-0.39, 0.29) is 18.4 Å². The first-order chi connectivity index (χ1) is 16.4. The summed E-state index contributed by atoms with van der Waals surface area (Å²) in [6.07, 6.45) is 1.77. The molecule has 0 aliphatic carbocycles. The number of aliphatic imine (C=N–C) groups is 1. The maximum atomic E-state index is 14.2. The highest BCUT2D eigenvalue weighted by Crippen LogP contribution is 2.28. The number of amidine groups is 1. The molecule has 0 saturated carbocycles. The van der Waals surface area contributed by atoms with Crippen molar-refractivity contribution in [1.29, 1.82) is 5.41 Å². The summed E-state index contributed by atoms with van der Waals surface area (Å²) in [6, 6.07) is 9.28. The van der Waals surface area contributed by atoms with E-state index in [0.29, 0.717) is 43.4 Å². The Hall–Kier alpha value is -3.08. The van der Waals surface area contributed by atoms with Crippen molar-refractivity contribution >= 4 is 41.0 Å². The second kappa shape index (κ2) is 12.4. The van der Waals surface area contributed by atoms with Crippen LogP contribution in [0.15, 0.2) is 46.6 Å². The zero-order chi connectivity index (χ0) is 24.5. The van der Waals surface area contributed by atoms with Crippen molar-refractivity contribution < 1.29 is 9.50 Å². The van der Waals surface area contributed by atoms with Gasteiger partial charge in [0.1, 0.15) is 5.84 Å². The van der Waals surface area contributed by atoms with Gasteiger partial charge in [0.25, 0.3) is 0 Å². The van der Waals surface area contributed by atoms with Gasteiger partial charge in [-0.25, -0.2) is 9.82 Å². The van der Waals surface area contributed by atoms with E-state index in [1.807, 2.05) is 36.1 Å². The standard InChI is InChI=1S/C23H30ClFN8O/c1-16-4-3-5-20(24)21(16)29-18-6-7-27-19(14-18)15-28-31-23(26)30-22(17(2)25)33-10-8-32(9-11-33)12-13-34/h3-7,14-15,17,34H,8-13H2,1-2H3,(H2,26,31)(H,27,29)/b28-15+,30-22+. The van der Waals surface area contributed by atoms with Gasteiger partial charge in [-0.05, 0) is 37.6 Å². The molecule has 0 spiro atoms. The summed E-state index contributed by atoms with van der Waals surface area (Å²) in [6.45, 7) is 6.63. The summed E-state index contributed by atoms with van der Waals surface area (Å²) in [5.74, 6) is -0.0784. The number of aromatic nitrogens is 1. The van der Waals surface area contributed by atoms with Gasteiger partial charge in [0.15, 0.2) is 6.17 Å². The van der Waals surface area contributed by atoms with Crippen LogP contribution < -0.4 is 10.7 Å². The van der Waals surface area contributed by atoms with Crippen molar-refractivity contribution in [2.75, 3.05) is 44.6 Å². The fourth-order valence-corrected chi connectivity index (χ4v) is 3.85. The molecule has 1 saturated heterocycles. The molecule has 182 valence electrons. The Kier molecular flexibility index (Phi) is 9.32. The van der Waals surface area contributed by atoms with Gasteiger partial charge in [0.05, 0.1) is 29.2 Å². The summed E-state index contributed by atoms with van der Waals surface area (Å²) >= 11 is 6.29. The van der Waals surface area contributed by atoms with Crippen molar-refractivity contribution in [3.8, 4) is 0 Å². The highest BCUT2D eigenvalue weighted by atomic mass is 35.5. The molecule has 34 heavy (non-hydrogen) atoms. The molecule has 0 radical (unpaired) electrons. The lowest BCUT2D eigenvalue weighted by Gasteiger charge is -2.36. The molecular weight excluding hydrogens is 459 g/mol. The van der Waals surface area contributed by atoms with Crippen molar-refractivity contribution in [2.45, 2.75) is 20.0 Å². The van der Waals surface area contributed by atoms with Crippen molar-refractivity contribution in [2.24, 2.45) is 10.1 Å². The van der Waals surface area contributed by atoms with Crippen LogP contribution in [0.2, 0.25) is 5.02 Å².